The zero-order valence-electron chi connectivity index (χ0n) is 13.5. The van der Waals surface area contributed by atoms with E-state index in [1.54, 1.807) is 24.7 Å². The van der Waals surface area contributed by atoms with Crippen LogP contribution in [0.25, 0.3) is 11.0 Å². The minimum atomic E-state index is -0.165. The number of benzene rings is 1. The van der Waals surface area contributed by atoms with Gasteiger partial charge in [0.1, 0.15) is 0 Å². The number of fused-ring (bicyclic) bond motifs is 1. The highest BCUT2D eigenvalue weighted by Crippen LogP contribution is 2.14. The number of carbonyl (C=O) groups is 1. The van der Waals surface area contributed by atoms with Gasteiger partial charge in [-0.15, -0.1) is 0 Å². The lowest BCUT2D eigenvalue weighted by atomic mass is 10.0. The van der Waals surface area contributed by atoms with Crippen molar-refractivity contribution < 1.29 is 9.90 Å². The van der Waals surface area contributed by atoms with Gasteiger partial charge >= 0.3 is 0 Å². The van der Waals surface area contributed by atoms with E-state index in [0.717, 1.165) is 16.7 Å². The lowest BCUT2D eigenvalue weighted by Gasteiger charge is -2.14. The molecule has 0 radical (unpaired) electrons. The van der Waals surface area contributed by atoms with E-state index in [4.69, 9.17) is 0 Å². The first kappa shape index (κ1) is 16.1. The van der Waals surface area contributed by atoms with Gasteiger partial charge in [0.15, 0.2) is 0 Å². The van der Waals surface area contributed by atoms with Crippen LogP contribution in [0.15, 0.2) is 48.9 Å². The van der Waals surface area contributed by atoms with Crippen LogP contribution in [0, 0.1) is 5.92 Å². The summed E-state index contributed by atoms with van der Waals surface area (Å²) in [5, 5.41) is 12.4. The van der Waals surface area contributed by atoms with E-state index in [2.05, 4.69) is 15.3 Å². The van der Waals surface area contributed by atoms with E-state index < -0.39 is 0 Å². The number of imidazole rings is 1. The summed E-state index contributed by atoms with van der Waals surface area (Å²) in [6.07, 6.45) is 4.07. The molecule has 0 aliphatic rings. The quantitative estimate of drug-likeness (QED) is 0.721. The Morgan fingerprint density at radius 2 is 2.17 bits per heavy atom. The van der Waals surface area contributed by atoms with Gasteiger partial charge in [0.2, 0.25) is 0 Å². The number of aromatic nitrogens is 3. The van der Waals surface area contributed by atoms with E-state index in [-0.39, 0.29) is 18.4 Å². The van der Waals surface area contributed by atoms with E-state index in [9.17, 15) is 9.90 Å². The summed E-state index contributed by atoms with van der Waals surface area (Å²) in [5.41, 5.74) is 3.24. The maximum atomic E-state index is 12.3. The first-order chi connectivity index (χ1) is 11.7. The largest absolute Gasteiger partial charge is 0.396 e. The van der Waals surface area contributed by atoms with Crippen LogP contribution in [0.2, 0.25) is 0 Å². The van der Waals surface area contributed by atoms with Crippen molar-refractivity contribution >= 4 is 16.9 Å². The number of hydrogen-bond acceptors (Lipinski definition) is 4. The Bertz CT molecular complexity index is 829. The minimum Gasteiger partial charge on any atom is -0.396 e. The van der Waals surface area contributed by atoms with Crippen molar-refractivity contribution in [3.63, 3.8) is 0 Å². The first-order valence-electron chi connectivity index (χ1n) is 7.87. The monoisotopic (exact) mass is 324 g/mol. The normalized spacial score (nSPS) is 12.2. The molecule has 2 N–H and O–H groups in total. The van der Waals surface area contributed by atoms with Gasteiger partial charge in [-0.05, 0) is 36.8 Å². The van der Waals surface area contributed by atoms with E-state index in [0.29, 0.717) is 18.5 Å². The molecule has 1 aromatic carbocycles. The Morgan fingerprint density at radius 1 is 1.29 bits per heavy atom. The molecule has 24 heavy (non-hydrogen) atoms. The Kier molecular flexibility index (Phi) is 4.86. The number of nitrogens with one attached hydrogen (secondary N) is 1. The molecule has 2 aromatic heterocycles. The van der Waals surface area contributed by atoms with Crippen molar-refractivity contribution in [1.29, 1.82) is 0 Å². The smallest absolute Gasteiger partial charge is 0.251 e. The van der Waals surface area contributed by atoms with Crippen LogP contribution in [0.3, 0.4) is 0 Å². The molecule has 0 saturated heterocycles. The van der Waals surface area contributed by atoms with Crippen LogP contribution in [0.4, 0.5) is 0 Å². The maximum Gasteiger partial charge on any atom is 0.251 e. The molecular formula is C18H20N4O2. The van der Waals surface area contributed by atoms with Gasteiger partial charge in [0.25, 0.3) is 5.91 Å². The maximum absolute atomic E-state index is 12.3. The fourth-order valence-electron chi connectivity index (χ4n) is 2.63. The highest BCUT2D eigenvalue weighted by molar-refractivity contribution is 5.97. The summed E-state index contributed by atoms with van der Waals surface area (Å²) in [7, 11) is 1.92. The minimum absolute atomic E-state index is 0.00384. The summed E-state index contributed by atoms with van der Waals surface area (Å²) in [6, 6.07) is 11.1. The van der Waals surface area contributed by atoms with Crippen LogP contribution in [-0.2, 0) is 13.5 Å². The second kappa shape index (κ2) is 7.23. The number of pyridine rings is 1. The van der Waals surface area contributed by atoms with Gasteiger partial charge < -0.3 is 15.0 Å². The third kappa shape index (κ3) is 3.60. The summed E-state index contributed by atoms with van der Waals surface area (Å²) in [6.45, 7) is 0.391. The van der Waals surface area contributed by atoms with Crippen molar-refractivity contribution in [2.75, 3.05) is 13.2 Å². The van der Waals surface area contributed by atoms with Crippen LogP contribution in [-0.4, -0.2) is 38.7 Å². The highest BCUT2D eigenvalue weighted by Gasteiger charge is 2.13. The molecule has 0 aliphatic carbocycles. The lowest BCUT2D eigenvalue weighted by molar-refractivity contribution is 0.0940. The Hall–Kier alpha value is -2.73. The van der Waals surface area contributed by atoms with Crippen molar-refractivity contribution in [2.24, 2.45) is 13.0 Å². The molecule has 1 amide bonds. The fraction of sp³-hybridized carbons (Fsp3) is 0.278. The molecule has 1 unspecified atom stereocenters. The third-order valence-electron chi connectivity index (χ3n) is 4.02. The number of hydrogen-bond donors (Lipinski definition) is 2. The number of aryl methyl sites for hydroxylation is 1. The van der Waals surface area contributed by atoms with E-state index in [1.165, 1.54) is 0 Å². The van der Waals surface area contributed by atoms with Gasteiger partial charge in [-0.1, -0.05) is 6.07 Å². The van der Waals surface area contributed by atoms with E-state index >= 15 is 0 Å². The number of carbonyl (C=O) groups excluding carboxylic acids is 1. The molecule has 0 aliphatic heterocycles. The summed E-state index contributed by atoms with van der Waals surface area (Å²) >= 11 is 0. The van der Waals surface area contributed by atoms with Gasteiger partial charge in [0.05, 0.1) is 17.4 Å². The number of aliphatic hydroxyl groups is 1. The Morgan fingerprint density at radius 3 is 2.92 bits per heavy atom. The zero-order chi connectivity index (χ0) is 16.9. The second-order valence-electron chi connectivity index (χ2n) is 5.84. The fourth-order valence-corrected chi connectivity index (χ4v) is 2.63. The third-order valence-corrected chi connectivity index (χ3v) is 4.02. The van der Waals surface area contributed by atoms with Crippen LogP contribution >= 0.6 is 0 Å². The molecule has 3 rings (SSSR count). The number of rotatable bonds is 6. The molecule has 0 spiro atoms. The van der Waals surface area contributed by atoms with Crippen LogP contribution in [0.5, 0.6) is 0 Å². The predicted molar refractivity (Wildman–Crippen MR) is 91.6 cm³/mol. The van der Waals surface area contributed by atoms with Crippen molar-refractivity contribution in [3.8, 4) is 0 Å². The highest BCUT2D eigenvalue weighted by atomic mass is 16.3. The number of nitrogens with zero attached hydrogens (tertiary/aromatic N) is 3. The van der Waals surface area contributed by atoms with E-state index in [1.807, 2.05) is 35.9 Å². The van der Waals surface area contributed by atoms with Crippen molar-refractivity contribution in [1.82, 2.24) is 19.9 Å². The summed E-state index contributed by atoms with van der Waals surface area (Å²) < 4.78 is 1.91. The number of amides is 1. The topological polar surface area (TPSA) is 80.0 Å². The lowest BCUT2D eigenvalue weighted by Crippen LogP contribution is -2.32. The standard InChI is InChI=1S/C18H20N4O2/c1-22-12-21-16-9-14(5-6-17(16)22)18(24)20-10-13(11-23)8-15-4-2-3-7-19-15/h2-7,9,12-13,23H,8,10-11H2,1H3,(H,20,24). The first-order valence-corrected chi connectivity index (χ1v) is 7.87. The molecule has 1 atom stereocenters. The predicted octanol–water partition coefficient (Wildman–Crippen LogP) is 1.55. The molecule has 2 heterocycles. The molecule has 124 valence electrons. The van der Waals surface area contributed by atoms with Gasteiger partial charge in [-0.2, -0.15) is 0 Å². The Balaban J connectivity index is 1.62. The van der Waals surface area contributed by atoms with Gasteiger partial charge in [-0.3, -0.25) is 9.78 Å². The molecule has 6 nitrogen and oxygen atoms in total. The molecule has 0 fully saturated rings. The van der Waals surface area contributed by atoms with Gasteiger partial charge in [-0.25, -0.2) is 4.98 Å². The molecular weight excluding hydrogens is 304 g/mol. The summed E-state index contributed by atoms with van der Waals surface area (Å²) in [5.74, 6) is -0.232. The SMILES string of the molecule is Cn1cnc2cc(C(=O)NCC(CO)Cc3ccccn3)ccc21. The second-order valence-corrected chi connectivity index (χ2v) is 5.84. The van der Waals surface area contributed by atoms with Crippen molar-refractivity contribution in [3.05, 3.63) is 60.2 Å². The number of aliphatic hydroxyl groups excluding tert-OH is 1. The molecule has 0 bridgehead atoms. The average Bonchev–Trinajstić information content (AvgIpc) is 2.99. The average molecular weight is 324 g/mol. The van der Waals surface area contributed by atoms with Gasteiger partial charge in [0, 0.05) is 43.6 Å². The summed E-state index contributed by atoms with van der Waals surface area (Å²) in [4.78, 5) is 20.8. The Labute approximate surface area is 140 Å². The molecule has 0 saturated carbocycles. The van der Waals surface area contributed by atoms with Crippen LogP contribution in [0.1, 0.15) is 16.1 Å². The molecule has 3 aromatic rings. The van der Waals surface area contributed by atoms with Crippen LogP contribution < -0.4 is 5.32 Å². The molecule has 6 heteroatoms. The van der Waals surface area contributed by atoms with Crippen molar-refractivity contribution in [2.45, 2.75) is 6.42 Å². The zero-order valence-corrected chi connectivity index (χ0v) is 13.5.